The van der Waals surface area contributed by atoms with Crippen molar-refractivity contribution >= 4 is 11.6 Å². The van der Waals surface area contributed by atoms with Gasteiger partial charge in [0.05, 0.1) is 19.4 Å². The van der Waals surface area contributed by atoms with Crippen LogP contribution in [0.15, 0.2) is 48.5 Å². The highest BCUT2D eigenvalue weighted by atomic mass is 16.5. The lowest BCUT2D eigenvalue weighted by molar-refractivity contribution is -0.116. The molecule has 2 aromatic carbocycles. The third-order valence-corrected chi connectivity index (χ3v) is 3.71. The fourth-order valence-corrected chi connectivity index (χ4v) is 2.45. The van der Waals surface area contributed by atoms with Gasteiger partial charge in [0.25, 0.3) is 0 Å². The first kappa shape index (κ1) is 18.8. The fraction of sp³-hybridized carbons (Fsp3) is 0.350. The summed E-state index contributed by atoms with van der Waals surface area (Å²) in [5.41, 5.74) is 1.92. The van der Waals surface area contributed by atoms with Gasteiger partial charge in [-0.25, -0.2) is 0 Å². The zero-order chi connectivity index (χ0) is 17.9. The number of methoxy groups -OCH3 is 1. The molecule has 0 aliphatic carbocycles. The number of carbonyl (C=O) groups is 1. The summed E-state index contributed by atoms with van der Waals surface area (Å²) < 4.78 is 10.7. The summed E-state index contributed by atoms with van der Waals surface area (Å²) in [6.45, 7) is 3.94. The molecule has 0 saturated carbocycles. The number of carbonyl (C=O) groups excluding carboxylic acids is 1. The Morgan fingerprint density at radius 3 is 2.72 bits per heavy atom. The topological polar surface area (TPSA) is 59.6 Å². The van der Waals surface area contributed by atoms with Crippen molar-refractivity contribution in [1.82, 2.24) is 5.32 Å². The van der Waals surface area contributed by atoms with E-state index in [1.165, 1.54) is 5.56 Å². The van der Waals surface area contributed by atoms with E-state index in [9.17, 15) is 4.79 Å². The molecule has 0 aliphatic heterocycles. The number of anilines is 1. The highest BCUT2D eigenvalue weighted by Crippen LogP contribution is 2.23. The molecule has 2 aromatic rings. The van der Waals surface area contributed by atoms with Gasteiger partial charge in [0, 0.05) is 13.0 Å². The lowest BCUT2D eigenvalue weighted by Crippen LogP contribution is -2.23. The lowest BCUT2D eigenvalue weighted by atomic mass is 10.1. The number of hydrogen-bond acceptors (Lipinski definition) is 4. The van der Waals surface area contributed by atoms with Gasteiger partial charge in [0.2, 0.25) is 5.91 Å². The normalized spacial score (nSPS) is 10.3. The monoisotopic (exact) mass is 342 g/mol. The number of para-hydroxylation sites is 2. The fourth-order valence-electron chi connectivity index (χ4n) is 2.45. The minimum absolute atomic E-state index is 0.0268. The Balaban J connectivity index is 1.68. The molecule has 0 atom stereocenters. The number of hydrogen-bond donors (Lipinski definition) is 2. The molecular weight excluding hydrogens is 316 g/mol. The van der Waals surface area contributed by atoms with E-state index in [0.717, 1.165) is 18.7 Å². The van der Waals surface area contributed by atoms with E-state index in [-0.39, 0.29) is 5.91 Å². The second-order valence-corrected chi connectivity index (χ2v) is 5.58. The van der Waals surface area contributed by atoms with Gasteiger partial charge in [0.1, 0.15) is 11.5 Å². The summed E-state index contributed by atoms with van der Waals surface area (Å²) in [5.74, 6) is 1.54. The molecule has 2 rings (SSSR count). The van der Waals surface area contributed by atoms with E-state index >= 15 is 0 Å². The largest absolute Gasteiger partial charge is 0.497 e. The van der Waals surface area contributed by atoms with Gasteiger partial charge in [-0.3, -0.25) is 4.79 Å². The van der Waals surface area contributed by atoms with Crippen molar-refractivity contribution in [2.75, 3.05) is 32.1 Å². The summed E-state index contributed by atoms with van der Waals surface area (Å²) in [6.07, 6.45) is 1.31. The molecule has 0 unspecified atom stereocenters. The van der Waals surface area contributed by atoms with Crippen molar-refractivity contribution in [1.29, 1.82) is 0 Å². The Morgan fingerprint density at radius 1 is 1.08 bits per heavy atom. The SMILES string of the molecule is CCOc1ccccc1NC(=O)CCNCCc1cccc(OC)c1. The van der Waals surface area contributed by atoms with E-state index in [1.807, 2.05) is 49.4 Å². The van der Waals surface area contributed by atoms with Crippen LogP contribution in [0.3, 0.4) is 0 Å². The molecule has 2 N–H and O–H groups in total. The molecule has 5 heteroatoms. The van der Waals surface area contributed by atoms with Gasteiger partial charge in [-0.15, -0.1) is 0 Å². The van der Waals surface area contributed by atoms with Gasteiger partial charge in [-0.1, -0.05) is 24.3 Å². The van der Waals surface area contributed by atoms with Crippen molar-refractivity contribution < 1.29 is 14.3 Å². The van der Waals surface area contributed by atoms with Gasteiger partial charge < -0.3 is 20.1 Å². The van der Waals surface area contributed by atoms with Crippen LogP contribution in [0.1, 0.15) is 18.9 Å². The molecule has 134 valence electrons. The summed E-state index contributed by atoms with van der Waals surface area (Å²) >= 11 is 0. The predicted molar refractivity (Wildman–Crippen MR) is 100 cm³/mol. The summed E-state index contributed by atoms with van der Waals surface area (Å²) in [5, 5.41) is 6.19. The molecule has 0 aliphatic rings. The third kappa shape index (κ3) is 6.47. The van der Waals surface area contributed by atoms with Crippen LogP contribution >= 0.6 is 0 Å². The molecule has 0 radical (unpaired) electrons. The first-order valence-corrected chi connectivity index (χ1v) is 8.58. The van der Waals surface area contributed by atoms with Crippen molar-refractivity contribution in [2.45, 2.75) is 19.8 Å². The molecule has 5 nitrogen and oxygen atoms in total. The molecule has 0 spiro atoms. The quantitative estimate of drug-likeness (QED) is 0.651. The number of benzene rings is 2. The van der Waals surface area contributed by atoms with Crippen LogP contribution in [0.2, 0.25) is 0 Å². The Labute approximate surface area is 149 Å². The zero-order valence-corrected chi connectivity index (χ0v) is 14.9. The predicted octanol–water partition coefficient (Wildman–Crippen LogP) is 3.25. The zero-order valence-electron chi connectivity index (χ0n) is 14.9. The van der Waals surface area contributed by atoms with Crippen LogP contribution in [0.25, 0.3) is 0 Å². The Kier molecular flexibility index (Phi) is 7.79. The minimum Gasteiger partial charge on any atom is -0.497 e. The Hall–Kier alpha value is -2.53. The second-order valence-electron chi connectivity index (χ2n) is 5.58. The summed E-state index contributed by atoms with van der Waals surface area (Å²) in [7, 11) is 1.67. The standard InChI is InChI=1S/C20H26N2O3/c1-3-25-19-10-5-4-9-18(19)22-20(23)12-14-21-13-11-16-7-6-8-17(15-16)24-2/h4-10,15,21H,3,11-14H2,1-2H3,(H,22,23). The van der Waals surface area contributed by atoms with Crippen LogP contribution < -0.4 is 20.1 Å². The second kappa shape index (κ2) is 10.4. The number of rotatable bonds is 10. The van der Waals surface area contributed by atoms with E-state index in [2.05, 4.69) is 16.7 Å². The van der Waals surface area contributed by atoms with E-state index in [4.69, 9.17) is 9.47 Å². The van der Waals surface area contributed by atoms with Gasteiger partial charge in [0.15, 0.2) is 0 Å². The van der Waals surface area contributed by atoms with Gasteiger partial charge in [-0.05, 0) is 49.7 Å². The van der Waals surface area contributed by atoms with E-state index < -0.39 is 0 Å². The molecule has 0 aromatic heterocycles. The van der Waals surface area contributed by atoms with Crippen LogP contribution in [0.5, 0.6) is 11.5 Å². The lowest BCUT2D eigenvalue weighted by Gasteiger charge is -2.11. The minimum atomic E-state index is -0.0268. The van der Waals surface area contributed by atoms with Crippen molar-refractivity contribution in [3.8, 4) is 11.5 Å². The Morgan fingerprint density at radius 2 is 1.92 bits per heavy atom. The number of nitrogens with one attached hydrogen (secondary N) is 2. The number of amides is 1. The maximum absolute atomic E-state index is 12.1. The van der Waals surface area contributed by atoms with Crippen molar-refractivity contribution in [3.05, 3.63) is 54.1 Å². The maximum atomic E-state index is 12.1. The average molecular weight is 342 g/mol. The average Bonchev–Trinajstić information content (AvgIpc) is 2.63. The molecule has 0 bridgehead atoms. The van der Waals surface area contributed by atoms with Gasteiger partial charge in [-0.2, -0.15) is 0 Å². The molecule has 1 amide bonds. The third-order valence-electron chi connectivity index (χ3n) is 3.71. The number of ether oxygens (including phenoxy) is 2. The summed E-state index contributed by atoms with van der Waals surface area (Å²) in [6, 6.07) is 15.5. The van der Waals surface area contributed by atoms with Crippen LogP contribution in [0, 0.1) is 0 Å². The Bertz CT molecular complexity index is 673. The first-order valence-electron chi connectivity index (χ1n) is 8.58. The molecule has 0 fully saturated rings. The van der Waals surface area contributed by atoms with E-state index in [1.54, 1.807) is 7.11 Å². The molecule has 0 heterocycles. The molecular formula is C20H26N2O3. The molecule has 0 saturated heterocycles. The smallest absolute Gasteiger partial charge is 0.225 e. The highest BCUT2D eigenvalue weighted by molar-refractivity contribution is 5.92. The highest BCUT2D eigenvalue weighted by Gasteiger charge is 2.06. The molecule has 25 heavy (non-hydrogen) atoms. The van der Waals surface area contributed by atoms with Crippen molar-refractivity contribution in [3.63, 3.8) is 0 Å². The van der Waals surface area contributed by atoms with Crippen molar-refractivity contribution in [2.24, 2.45) is 0 Å². The first-order chi connectivity index (χ1) is 12.2. The van der Waals surface area contributed by atoms with Crippen LogP contribution in [0.4, 0.5) is 5.69 Å². The van der Waals surface area contributed by atoms with Crippen LogP contribution in [-0.2, 0) is 11.2 Å². The van der Waals surface area contributed by atoms with E-state index in [0.29, 0.717) is 31.0 Å². The van der Waals surface area contributed by atoms with Crippen LogP contribution in [-0.4, -0.2) is 32.7 Å². The van der Waals surface area contributed by atoms with Gasteiger partial charge >= 0.3 is 0 Å². The maximum Gasteiger partial charge on any atom is 0.225 e. The summed E-state index contributed by atoms with van der Waals surface area (Å²) in [4.78, 5) is 12.1.